The average Bonchev–Trinajstić information content (AvgIpc) is 3.57. The van der Waals surface area contributed by atoms with Gasteiger partial charge in [-0.05, 0) is 94.9 Å². The number of furan rings is 1. The van der Waals surface area contributed by atoms with Crippen molar-refractivity contribution in [2.45, 2.75) is 93.4 Å². The Kier molecular flexibility index (Phi) is 12.7. The third-order valence-corrected chi connectivity index (χ3v) is 10.9. The maximum atomic E-state index is 6.55. The van der Waals surface area contributed by atoms with Crippen LogP contribution in [0.5, 0.6) is 0 Å². The van der Waals surface area contributed by atoms with Gasteiger partial charge in [0.05, 0.1) is 11.3 Å². The molecule has 0 saturated carbocycles. The number of hydrogen-bond donors (Lipinski definition) is 0. The van der Waals surface area contributed by atoms with Crippen LogP contribution in [-0.2, 0) is 25.5 Å². The number of hydrogen-bond acceptors (Lipinski definition) is 4. The van der Waals surface area contributed by atoms with Gasteiger partial charge in [0.1, 0.15) is 0 Å². The largest absolute Gasteiger partial charge is 0.486 e. The van der Waals surface area contributed by atoms with Crippen LogP contribution >= 0.6 is 0 Å². The van der Waals surface area contributed by atoms with Crippen molar-refractivity contribution >= 4 is 22.1 Å². The molecular weight excluding hydrogens is 887 g/mol. The van der Waals surface area contributed by atoms with Gasteiger partial charge in [0.15, 0.2) is 0 Å². The zero-order valence-corrected chi connectivity index (χ0v) is 38.0. The summed E-state index contributed by atoms with van der Waals surface area (Å²) in [6.07, 6.45) is 3.91. The molecule has 4 aromatic heterocycles. The van der Waals surface area contributed by atoms with Crippen LogP contribution in [0.2, 0.25) is 0 Å². The maximum absolute atomic E-state index is 6.55. The van der Waals surface area contributed by atoms with Crippen molar-refractivity contribution in [2.75, 3.05) is 0 Å². The third kappa shape index (κ3) is 8.77. The van der Waals surface area contributed by atoms with Gasteiger partial charge in [0.2, 0.25) is 5.71 Å². The van der Waals surface area contributed by atoms with Crippen molar-refractivity contribution in [3.8, 4) is 44.9 Å². The first-order valence-corrected chi connectivity index (χ1v) is 20.1. The summed E-state index contributed by atoms with van der Waals surface area (Å²) in [5.41, 5.74) is 18.7. The fourth-order valence-electron chi connectivity index (χ4n) is 7.55. The predicted molar refractivity (Wildman–Crippen MR) is 239 cm³/mol. The van der Waals surface area contributed by atoms with Gasteiger partial charge in [-0.25, -0.2) is 4.98 Å². The van der Waals surface area contributed by atoms with E-state index >= 15 is 0 Å². The first kappa shape index (κ1) is 42.4. The van der Waals surface area contributed by atoms with Gasteiger partial charge in [-0.3, -0.25) is 0 Å². The minimum atomic E-state index is 0. The van der Waals surface area contributed by atoms with Crippen LogP contribution in [-0.4, -0.2) is 15.0 Å². The molecule has 0 unspecified atom stereocenters. The Bertz CT molecular complexity index is 2670. The van der Waals surface area contributed by atoms with E-state index in [0.29, 0.717) is 17.5 Å². The van der Waals surface area contributed by atoms with Gasteiger partial charge >= 0.3 is 0 Å². The molecule has 0 amide bonds. The molecule has 4 nitrogen and oxygen atoms in total. The second kappa shape index (κ2) is 17.3. The average molecular weight is 940 g/mol. The summed E-state index contributed by atoms with van der Waals surface area (Å²) in [6.45, 7) is 24.1. The van der Waals surface area contributed by atoms with Crippen LogP contribution in [0, 0.1) is 39.8 Å². The van der Waals surface area contributed by atoms with Gasteiger partial charge in [0.25, 0.3) is 0 Å². The summed E-state index contributed by atoms with van der Waals surface area (Å²) < 4.78 is 6.55. The Balaban J connectivity index is 0.000000298. The monoisotopic (exact) mass is 940 g/mol. The van der Waals surface area contributed by atoms with E-state index in [2.05, 4.69) is 178 Å². The second-order valence-electron chi connectivity index (χ2n) is 17.0. The number of rotatable bonds is 6. The van der Waals surface area contributed by atoms with Crippen LogP contribution in [0.1, 0.15) is 99.2 Å². The van der Waals surface area contributed by atoms with Gasteiger partial charge in [-0.1, -0.05) is 132 Å². The Labute approximate surface area is 358 Å². The molecule has 1 radical (unpaired) electrons. The van der Waals surface area contributed by atoms with E-state index in [1.54, 1.807) is 0 Å². The molecule has 0 saturated heterocycles. The zero-order chi connectivity index (χ0) is 40.6. The van der Waals surface area contributed by atoms with Crippen molar-refractivity contribution in [3.63, 3.8) is 0 Å². The quantitative estimate of drug-likeness (QED) is 0.156. The van der Waals surface area contributed by atoms with E-state index < -0.39 is 0 Å². The Morgan fingerprint density at radius 3 is 1.90 bits per heavy atom. The van der Waals surface area contributed by atoms with Crippen molar-refractivity contribution in [2.24, 2.45) is 0 Å². The number of nitrogens with zero attached hydrogens (tertiary/aromatic N) is 3. The first-order valence-electron chi connectivity index (χ1n) is 20.1. The normalized spacial score (nSPS) is 11.5. The van der Waals surface area contributed by atoms with Crippen LogP contribution in [0.4, 0.5) is 0 Å². The SMILES string of the molecule is Cc1c[c-]c(-c2cc(C)c(C)cn2)cc1.Cc1cc(-c2[c-]ccc3c2oc2nc(-c4c(C(C)C)cc(-c5ccccc5)cc4C(C)C)ccc23)ncc1C(C)(C)C.[Ir]. The van der Waals surface area contributed by atoms with Crippen molar-refractivity contribution in [1.82, 2.24) is 15.0 Å². The van der Waals surface area contributed by atoms with E-state index in [0.717, 1.165) is 44.6 Å². The van der Waals surface area contributed by atoms with E-state index in [4.69, 9.17) is 14.4 Å². The van der Waals surface area contributed by atoms with E-state index in [9.17, 15) is 0 Å². The maximum Gasteiger partial charge on any atom is 0.216 e. The number of pyridine rings is 3. The molecule has 0 spiro atoms. The molecule has 297 valence electrons. The molecule has 0 N–H and O–H groups in total. The number of aromatic nitrogens is 3. The van der Waals surface area contributed by atoms with Gasteiger partial charge in [-0.15, -0.1) is 53.6 Å². The molecule has 0 bridgehead atoms. The molecular formula is C53H53IrN3O-2. The fourth-order valence-corrected chi connectivity index (χ4v) is 7.55. The minimum Gasteiger partial charge on any atom is -0.486 e. The fraction of sp³-hybridized carbons (Fsp3) is 0.264. The van der Waals surface area contributed by atoms with Crippen molar-refractivity contribution < 1.29 is 24.5 Å². The predicted octanol–water partition coefficient (Wildman–Crippen LogP) is 14.5. The Hall–Kier alpha value is -5.22. The third-order valence-electron chi connectivity index (χ3n) is 10.9. The van der Waals surface area contributed by atoms with E-state index in [-0.39, 0.29) is 25.5 Å². The topological polar surface area (TPSA) is 51.8 Å². The molecule has 0 fully saturated rings. The van der Waals surface area contributed by atoms with Crippen LogP contribution in [0.3, 0.4) is 0 Å². The smallest absolute Gasteiger partial charge is 0.216 e. The zero-order valence-electron chi connectivity index (χ0n) is 35.6. The summed E-state index contributed by atoms with van der Waals surface area (Å²) >= 11 is 0. The molecule has 4 aromatic carbocycles. The molecule has 0 aliphatic rings. The van der Waals surface area contributed by atoms with Crippen LogP contribution < -0.4 is 0 Å². The Morgan fingerprint density at radius 1 is 0.621 bits per heavy atom. The second-order valence-corrected chi connectivity index (χ2v) is 17.0. The van der Waals surface area contributed by atoms with Crippen molar-refractivity contribution in [3.05, 3.63) is 161 Å². The summed E-state index contributed by atoms with van der Waals surface area (Å²) in [6, 6.07) is 40.7. The van der Waals surface area contributed by atoms with Gasteiger partial charge in [-0.2, -0.15) is 0 Å². The summed E-state index contributed by atoms with van der Waals surface area (Å²) in [5, 5.41) is 2.04. The molecule has 8 rings (SSSR count). The minimum absolute atomic E-state index is 0. The Morgan fingerprint density at radius 2 is 1.29 bits per heavy atom. The van der Waals surface area contributed by atoms with E-state index in [1.807, 2.05) is 24.5 Å². The van der Waals surface area contributed by atoms with E-state index in [1.165, 1.54) is 55.6 Å². The van der Waals surface area contributed by atoms with Gasteiger partial charge < -0.3 is 14.4 Å². The summed E-state index contributed by atoms with van der Waals surface area (Å²) in [5.74, 6) is 0.668. The standard InChI is InChI=1S/C39H39N2O.C14H14N.Ir/c1-23(2)31-20-27(26-13-10-9-11-14-26)21-32(24(3)4)36(31)34-18-17-29-28-15-12-16-30(37(28)42-38(29)41-34)35-19-25(5)33(22-40-35)39(6,7)8;1-10-4-6-13(7-5-10)14-8-11(2)12(3)9-15-14;/h9-15,17-24H,1-8H3;4-6,8-9H,1-3H3;/q2*-1;. The molecule has 0 atom stereocenters. The molecule has 58 heavy (non-hydrogen) atoms. The van der Waals surface area contributed by atoms with Gasteiger partial charge in [0, 0.05) is 43.4 Å². The summed E-state index contributed by atoms with van der Waals surface area (Å²) in [7, 11) is 0. The molecule has 0 aliphatic heterocycles. The van der Waals surface area contributed by atoms with Crippen LogP contribution in [0.15, 0.2) is 114 Å². The first-order chi connectivity index (χ1) is 27.2. The van der Waals surface area contributed by atoms with Crippen LogP contribution in [0.25, 0.3) is 67.0 Å². The number of fused-ring (bicyclic) bond motifs is 3. The molecule has 8 aromatic rings. The number of benzene rings is 4. The summed E-state index contributed by atoms with van der Waals surface area (Å²) in [4.78, 5) is 14.4. The molecule has 0 aliphatic carbocycles. The molecule has 5 heteroatoms. The van der Waals surface area contributed by atoms with Crippen molar-refractivity contribution in [1.29, 1.82) is 0 Å². The number of aryl methyl sites for hydroxylation is 4. The molecule has 4 heterocycles.